The van der Waals surface area contributed by atoms with E-state index < -0.39 is 6.10 Å². The van der Waals surface area contributed by atoms with Gasteiger partial charge >= 0.3 is 0 Å². The summed E-state index contributed by atoms with van der Waals surface area (Å²) in [6.07, 6.45) is 0.972. The van der Waals surface area contributed by atoms with E-state index in [2.05, 4.69) is 11.1 Å². The lowest BCUT2D eigenvalue weighted by Gasteiger charge is -2.14. The number of nitriles is 1. The molecular formula is C23H20N4O3. The van der Waals surface area contributed by atoms with Crippen molar-refractivity contribution in [2.75, 3.05) is 14.2 Å². The standard InChI is InChI=1S/C23H20N4O3/c1-14(28)17-7-8-22(26-23(17)16-6-4-5-15(9-16)12-24)27-13-25-18-10-20(29-2)21(30-3)11-19(18)27/h4-11,13-14,28H,1-3H3/t14-/m0/s1. The van der Waals surface area contributed by atoms with Crippen LogP contribution in [0.15, 0.2) is 54.9 Å². The summed E-state index contributed by atoms with van der Waals surface area (Å²) in [5.74, 6) is 1.82. The average molecular weight is 400 g/mol. The lowest BCUT2D eigenvalue weighted by atomic mass is 10.0. The normalized spacial score (nSPS) is 11.8. The summed E-state index contributed by atoms with van der Waals surface area (Å²) in [6, 6.07) is 16.7. The Kier molecular flexibility index (Phi) is 5.09. The van der Waals surface area contributed by atoms with Crippen molar-refractivity contribution in [2.24, 2.45) is 0 Å². The molecule has 2 aromatic carbocycles. The molecule has 0 saturated carbocycles. The molecule has 0 spiro atoms. The van der Waals surface area contributed by atoms with Crippen molar-refractivity contribution in [3.63, 3.8) is 0 Å². The van der Waals surface area contributed by atoms with Gasteiger partial charge in [-0.2, -0.15) is 5.26 Å². The highest BCUT2D eigenvalue weighted by atomic mass is 16.5. The molecule has 0 unspecified atom stereocenters. The molecule has 0 radical (unpaired) electrons. The number of hydrogen-bond donors (Lipinski definition) is 1. The maximum Gasteiger partial charge on any atom is 0.163 e. The first-order valence-electron chi connectivity index (χ1n) is 9.34. The number of nitrogens with zero attached hydrogens (tertiary/aromatic N) is 4. The van der Waals surface area contributed by atoms with Crippen molar-refractivity contribution >= 4 is 11.0 Å². The minimum absolute atomic E-state index is 0.529. The van der Waals surface area contributed by atoms with Crippen molar-refractivity contribution in [1.29, 1.82) is 5.26 Å². The lowest BCUT2D eigenvalue weighted by molar-refractivity contribution is 0.199. The Morgan fingerprint density at radius 1 is 1.07 bits per heavy atom. The smallest absolute Gasteiger partial charge is 0.163 e. The van der Waals surface area contributed by atoms with Crippen LogP contribution in [0.5, 0.6) is 11.5 Å². The van der Waals surface area contributed by atoms with Crippen molar-refractivity contribution in [3.05, 3.63) is 66.0 Å². The first-order valence-corrected chi connectivity index (χ1v) is 9.34. The number of fused-ring (bicyclic) bond motifs is 1. The van der Waals surface area contributed by atoms with Gasteiger partial charge in [-0.25, -0.2) is 9.97 Å². The molecule has 2 aromatic heterocycles. The zero-order valence-corrected chi connectivity index (χ0v) is 16.8. The zero-order valence-electron chi connectivity index (χ0n) is 16.8. The van der Waals surface area contributed by atoms with E-state index in [0.29, 0.717) is 34.1 Å². The summed E-state index contributed by atoms with van der Waals surface area (Å²) in [4.78, 5) is 9.27. The van der Waals surface area contributed by atoms with E-state index in [9.17, 15) is 10.4 Å². The number of aliphatic hydroxyl groups is 1. The predicted octanol–water partition coefficient (Wildman–Crippen LogP) is 4.03. The maximum atomic E-state index is 10.3. The summed E-state index contributed by atoms with van der Waals surface area (Å²) in [5, 5.41) is 19.5. The molecular weight excluding hydrogens is 380 g/mol. The number of rotatable bonds is 5. The van der Waals surface area contributed by atoms with Gasteiger partial charge in [0.1, 0.15) is 12.1 Å². The topological polar surface area (TPSA) is 93.2 Å². The monoisotopic (exact) mass is 400 g/mol. The van der Waals surface area contributed by atoms with Gasteiger partial charge in [0.05, 0.1) is 48.7 Å². The quantitative estimate of drug-likeness (QED) is 0.544. The van der Waals surface area contributed by atoms with E-state index in [0.717, 1.165) is 16.6 Å². The summed E-state index contributed by atoms with van der Waals surface area (Å²) >= 11 is 0. The van der Waals surface area contributed by atoms with Gasteiger partial charge in [0.25, 0.3) is 0 Å². The molecule has 0 fully saturated rings. The van der Waals surface area contributed by atoms with Gasteiger partial charge in [-0.15, -0.1) is 0 Å². The maximum absolute atomic E-state index is 10.3. The number of benzene rings is 2. The van der Waals surface area contributed by atoms with Gasteiger partial charge in [-0.05, 0) is 25.1 Å². The number of methoxy groups -OCH3 is 2. The minimum atomic E-state index is -0.712. The van der Waals surface area contributed by atoms with Gasteiger partial charge < -0.3 is 14.6 Å². The molecule has 0 aliphatic carbocycles. The highest BCUT2D eigenvalue weighted by molar-refractivity contribution is 5.81. The Morgan fingerprint density at radius 3 is 2.53 bits per heavy atom. The summed E-state index contributed by atoms with van der Waals surface area (Å²) in [7, 11) is 3.17. The van der Waals surface area contributed by atoms with Crippen LogP contribution in [0, 0.1) is 11.3 Å². The van der Waals surface area contributed by atoms with Crippen molar-refractivity contribution in [3.8, 4) is 34.6 Å². The molecule has 0 aliphatic heterocycles. The highest BCUT2D eigenvalue weighted by Crippen LogP contribution is 2.33. The Morgan fingerprint density at radius 2 is 1.83 bits per heavy atom. The second-order valence-electron chi connectivity index (χ2n) is 6.79. The van der Waals surface area contributed by atoms with E-state index in [1.165, 1.54) is 0 Å². The van der Waals surface area contributed by atoms with E-state index in [4.69, 9.17) is 14.5 Å². The third kappa shape index (κ3) is 3.34. The van der Waals surface area contributed by atoms with E-state index in [1.807, 2.05) is 34.9 Å². The van der Waals surface area contributed by atoms with Crippen LogP contribution in [-0.4, -0.2) is 33.9 Å². The number of hydrogen-bond acceptors (Lipinski definition) is 6. The van der Waals surface area contributed by atoms with Crippen LogP contribution in [-0.2, 0) is 0 Å². The van der Waals surface area contributed by atoms with Gasteiger partial charge in [0.15, 0.2) is 11.5 Å². The lowest BCUT2D eigenvalue weighted by Crippen LogP contribution is -2.03. The first-order chi connectivity index (χ1) is 14.5. The molecule has 0 amide bonds. The Hall–Kier alpha value is -3.89. The van der Waals surface area contributed by atoms with Crippen LogP contribution in [0.25, 0.3) is 28.1 Å². The van der Waals surface area contributed by atoms with Gasteiger partial charge in [-0.1, -0.05) is 18.2 Å². The second-order valence-corrected chi connectivity index (χ2v) is 6.79. The molecule has 0 bridgehead atoms. The summed E-state index contributed by atoms with van der Waals surface area (Å²) in [6.45, 7) is 1.69. The first kappa shape index (κ1) is 19.4. The number of ether oxygens (including phenoxy) is 2. The molecule has 4 rings (SSSR count). The number of aromatic nitrogens is 3. The fourth-order valence-corrected chi connectivity index (χ4v) is 3.42. The van der Waals surface area contributed by atoms with Crippen LogP contribution in [0.2, 0.25) is 0 Å². The Labute approximate surface area is 173 Å². The van der Waals surface area contributed by atoms with Crippen LogP contribution < -0.4 is 9.47 Å². The third-order valence-corrected chi connectivity index (χ3v) is 4.93. The molecule has 4 aromatic rings. The Bertz CT molecular complexity index is 1270. The molecule has 150 valence electrons. The fourth-order valence-electron chi connectivity index (χ4n) is 3.42. The largest absolute Gasteiger partial charge is 0.493 e. The number of imidazole rings is 1. The molecule has 1 atom stereocenters. The number of aliphatic hydroxyl groups excluding tert-OH is 1. The zero-order chi connectivity index (χ0) is 21.3. The van der Waals surface area contributed by atoms with Crippen molar-refractivity contribution < 1.29 is 14.6 Å². The van der Waals surface area contributed by atoms with Crippen molar-refractivity contribution in [2.45, 2.75) is 13.0 Å². The molecule has 2 heterocycles. The minimum Gasteiger partial charge on any atom is -0.493 e. The van der Waals surface area contributed by atoms with Gasteiger partial charge in [-0.3, -0.25) is 4.57 Å². The molecule has 0 saturated heterocycles. The van der Waals surface area contributed by atoms with E-state index in [-0.39, 0.29) is 0 Å². The molecule has 0 aliphatic rings. The van der Waals surface area contributed by atoms with Crippen LogP contribution >= 0.6 is 0 Å². The van der Waals surface area contributed by atoms with Crippen LogP contribution in [0.3, 0.4) is 0 Å². The number of pyridine rings is 1. The molecule has 30 heavy (non-hydrogen) atoms. The van der Waals surface area contributed by atoms with E-state index in [1.54, 1.807) is 45.7 Å². The Balaban J connectivity index is 1.91. The highest BCUT2D eigenvalue weighted by Gasteiger charge is 2.16. The SMILES string of the molecule is COc1cc2ncn(-c3ccc([C@H](C)O)c(-c4cccc(C#N)c4)n3)c2cc1OC. The van der Waals surface area contributed by atoms with Crippen LogP contribution in [0.4, 0.5) is 0 Å². The van der Waals surface area contributed by atoms with Crippen molar-refractivity contribution in [1.82, 2.24) is 14.5 Å². The predicted molar refractivity (Wildman–Crippen MR) is 113 cm³/mol. The van der Waals surface area contributed by atoms with Gasteiger partial charge in [0.2, 0.25) is 0 Å². The molecule has 1 N–H and O–H groups in total. The fraction of sp³-hybridized carbons (Fsp3) is 0.174. The van der Waals surface area contributed by atoms with Crippen LogP contribution in [0.1, 0.15) is 24.2 Å². The third-order valence-electron chi connectivity index (χ3n) is 4.93. The second kappa shape index (κ2) is 7.85. The van der Waals surface area contributed by atoms with Gasteiger partial charge in [0, 0.05) is 23.3 Å². The van der Waals surface area contributed by atoms with E-state index >= 15 is 0 Å². The summed E-state index contributed by atoms with van der Waals surface area (Å²) in [5.41, 5.74) is 4.12. The summed E-state index contributed by atoms with van der Waals surface area (Å²) < 4.78 is 12.6. The molecule has 7 nitrogen and oxygen atoms in total. The average Bonchev–Trinajstić information content (AvgIpc) is 3.20. The molecule has 7 heteroatoms.